The van der Waals surface area contributed by atoms with Gasteiger partial charge in [-0.05, 0) is 65.1 Å². The van der Waals surface area contributed by atoms with Gasteiger partial charge in [0, 0.05) is 24.2 Å². The highest BCUT2D eigenvalue weighted by atomic mass is 15.3. The van der Waals surface area contributed by atoms with Gasteiger partial charge >= 0.3 is 0 Å². The molecule has 0 spiro atoms. The van der Waals surface area contributed by atoms with E-state index in [9.17, 15) is 0 Å². The lowest BCUT2D eigenvalue weighted by Gasteiger charge is -2.51. The van der Waals surface area contributed by atoms with E-state index in [-0.39, 0.29) is 0 Å². The number of nitrogens with two attached hydrogens (primary N) is 1. The lowest BCUT2D eigenvalue weighted by molar-refractivity contribution is -0.00511. The van der Waals surface area contributed by atoms with Crippen molar-refractivity contribution in [3.8, 4) is 0 Å². The molecule has 112 valence electrons. The average molecular weight is 267 g/mol. The fourth-order valence-electron chi connectivity index (χ4n) is 4.40. The maximum atomic E-state index is 6.26. The van der Waals surface area contributed by atoms with Gasteiger partial charge in [0.2, 0.25) is 0 Å². The Morgan fingerprint density at radius 2 is 1.84 bits per heavy atom. The van der Waals surface area contributed by atoms with E-state index in [0.29, 0.717) is 5.54 Å². The zero-order valence-corrected chi connectivity index (χ0v) is 13.2. The Morgan fingerprint density at radius 1 is 1.16 bits per heavy atom. The summed E-state index contributed by atoms with van der Waals surface area (Å²) < 4.78 is 0. The molecule has 2 N–H and O–H groups in total. The van der Waals surface area contributed by atoms with E-state index in [1.165, 1.54) is 58.2 Å². The molecule has 3 nitrogen and oxygen atoms in total. The van der Waals surface area contributed by atoms with Crippen LogP contribution in [0.2, 0.25) is 0 Å². The van der Waals surface area contributed by atoms with Crippen molar-refractivity contribution < 1.29 is 0 Å². The molecule has 2 heterocycles. The molecule has 0 aromatic carbocycles. The maximum absolute atomic E-state index is 6.26. The molecule has 0 aromatic heterocycles. The van der Waals surface area contributed by atoms with Crippen LogP contribution in [0.15, 0.2) is 0 Å². The van der Waals surface area contributed by atoms with Crippen LogP contribution in [0, 0.1) is 0 Å². The molecule has 2 rings (SSSR count). The Labute approximate surface area is 119 Å². The lowest BCUT2D eigenvalue weighted by atomic mass is 9.84. The third-order valence-corrected chi connectivity index (χ3v) is 5.51. The number of piperidine rings is 1. The molecule has 3 heteroatoms. The van der Waals surface area contributed by atoms with E-state index in [1.807, 2.05) is 0 Å². The van der Waals surface area contributed by atoms with E-state index in [4.69, 9.17) is 5.73 Å². The Bertz CT molecular complexity index is 271. The largest absolute Gasteiger partial charge is 0.329 e. The Hall–Kier alpha value is -0.120. The topological polar surface area (TPSA) is 32.5 Å². The van der Waals surface area contributed by atoms with Crippen LogP contribution in [0.4, 0.5) is 0 Å². The van der Waals surface area contributed by atoms with Crippen LogP contribution in [0.3, 0.4) is 0 Å². The number of hydrogen-bond acceptors (Lipinski definition) is 3. The van der Waals surface area contributed by atoms with Gasteiger partial charge in [0.05, 0.1) is 0 Å². The predicted molar refractivity (Wildman–Crippen MR) is 82.4 cm³/mol. The minimum atomic E-state index is 0.292. The summed E-state index contributed by atoms with van der Waals surface area (Å²) in [6.07, 6.45) is 7.82. The lowest BCUT2D eigenvalue weighted by Crippen LogP contribution is -2.62. The SMILES string of the molecule is CCCN1CCC(CN)(N2C(C)CCC2CC)CC1. The van der Waals surface area contributed by atoms with Crippen molar-refractivity contribution in [1.82, 2.24) is 9.80 Å². The molecular weight excluding hydrogens is 234 g/mol. The van der Waals surface area contributed by atoms with Gasteiger partial charge < -0.3 is 10.6 Å². The van der Waals surface area contributed by atoms with Gasteiger partial charge in [-0.1, -0.05) is 13.8 Å². The summed E-state index contributed by atoms with van der Waals surface area (Å²) in [4.78, 5) is 5.44. The molecule has 0 amide bonds. The number of rotatable bonds is 5. The van der Waals surface area contributed by atoms with Crippen LogP contribution in [0.5, 0.6) is 0 Å². The van der Waals surface area contributed by atoms with Gasteiger partial charge in [-0.15, -0.1) is 0 Å². The first-order valence-electron chi connectivity index (χ1n) is 8.37. The van der Waals surface area contributed by atoms with Crippen LogP contribution >= 0.6 is 0 Å². The standard InChI is InChI=1S/C16H33N3/c1-4-10-18-11-8-16(13-17,9-12-18)19-14(3)6-7-15(19)5-2/h14-15H,4-13,17H2,1-3H3. The molecule has 2 aliphatic rings. The first-order chi connectivity index (χ1) is 9.16. The monoisotopic (exact) mass is 267 g/mol. The predicted octanol–water partition coefficient (Wildman–Crippen LogP) is 2.45. The third kappa shape index (κ3) is 2.98. The zero-order chi connectivity index (χ0) is 13.9. The molecule has 2 saturated heterocycles. The van der Waals surface area contributed by atoms with Gasteiger partial charge in [-0.25, -0.2) is 0 Å². The van der Waals surface area contributed by atoms with Crippen molar-refractivity contribution in [2.24, 2.45) is 5.73 Å². The second-order valence-corrected chi connectivity index (χ2v) is 6.67. The molecule has 2 aliphatic heterocycles. The highest BCUT2D eigenvalue weighted by Gasteiger charge is 2.45. The van der Waals surface area contributed by atoms with Crippen molar-refractivity contribution in [3.05, 3.63) is 0 Å². The quantitative estimate of drug-likeness (QED) is 0.830. The van der Waals surface area contributed by atoms with E-state index in [2.05, 4.69) is 30.6 Å². The van der Waals surface area contributed by atoms with Crippen molar-refractivity contribution in [3.63, 3.8) is 0 Å². The summed E-state index contributed by atoms with van der Waals surface area (Å²) in [6, 6.07) is 1.50. The summed E-state index contributed by atoms with van der Waals surface area (Å²) in [5.74, 6) is 0. The van der Waals surface area contributed by atoms with Crippen LogP contribution in [-0.2, 0) is 0 Å². The minimum absolute atomic E-state index is 0.292. The smallest absolute Gasteiger partial charge is 0.0361 e. The van der Waals surface area contributed by atoms with Gasteiger partial charge in [0.1, 0.15) is 0 Å². The number of hydrogen-bond donors (Lipinski definition) is 1. The summed E-state index contributed by atoms with van der Waals surface area (Å²) in [5, 5.41) is 0. The van der Waals surface area contributed by atoms with E-state index in [1.54, 1.807) is 0 Å². The fourth-order valence-corrected chi connectivity index (χ4v) is 4.40. The van der Waals surface area contributed by atoms with E-state index < -0.39 is 0 Å². The molecule has 0 aromatic rings. The van der Waals surface area contributed by atoms with Crippen molar-refractivity contribution >= 4 is 0 Å². The second-order valence-electron chi connectivity index (χ2n) is 6.67. The summed E-state index contributed by atoms with van der Waals surface area (Å²) in [6.45, 7) is 11.6. The maximum Gasteiger partial charge on any atom is 0.0361 e. The second kappa shape index (κ2) is 6.55. The van der Waals surface area contributed by atoms with E-state index in [0.717, 1.165) is 18.6 Å². The molecule has 0 saturated carbocycles. The highest BCUT2D eigenvalue weighted by Crippen LogP contribution is 2.38. The van der Waals surface area contributed by atoms with Crippen molar-refractivity contribution in [2.45, 2.75) is 76.9 Å². The van der Waals surface area contributed by atoms with Crippen LogP contribution in [-0.4, -0.2) is 53.6 Å². The van der Waals surface area contributed by atoms with Crippen molar-refractivity contribution in [1.29, 1.82) is 0 Å². The van der Waals surface area contributed by atoms with Gasteiger partial charge in [0.25, 0.3) is 0 Å². The van der Waals surface area contributed by atoms with Crippen LogP contribution in [0.1, 0.15) is 59.3 Å². The van der Waals surface area contributed by atoms with Crippen LogP contribution in [0.25, 0.3) is 0 Å². The molecule has 2 unspecified atom stereocenters. The number of likely N-dealkylation sites (tertiary alicyclic amines) is 2. The summed E-state index contributed by atoms with van der Waals surface area (Å²) in [5.41, 5.74) is 6.55. The Morgan fingerprint density at radius 3 is 2.37 bits per heavy atom. The average Bonchev–Trinajstić information content (AvgIpc) is 2.82. The van der Waals surface area contributed by atoms with Gasteiger partial charge in [-0.3, -0.25) is 4.90 Å². The first-order valence-corrected chi connectivity index (χ1v) is 8.37. The molecule has 19 heavy (non-hydrogen) atoms. The summed E-state index contributed by atoms with van der Waals surface area (Å²) in [7, 11) is 0. The Kier molecular flexibility index (Phi) is 5.27. The molecule has 2 atom stereocenters. The zero-order valence-electron chi connectivity index (χ0n) is 13.2. The minimum Gasteiger partial charge on any atom is -0.329 e. The fraction of sp³-hybridized carbons (Fsp3) is 1.00. The van der Waals surface area contributed by atoms with E-state index >= 15 is 0 Å². The normalized spacial score (nSPS) is 32.8. The molecule has 0 bridgehead atoms. The van der Waals surface area contributed by atoms with Crippen LogP contribution < -0.4 is 5.73 Å². The highest BCUT2D eigenvalue weighted by molar-refractivity contribution is 5.02. The first kappa shape index (κ1) is 15.3. The third-order valence-electron chi connectivity index (χ3n) is 5.51. The molecular formula is C16H33N3. The number of nitrogens with zero attached hydrogens (tertiary/aromatic N) is 2. The Balaban J connectivity index is 2.06. The van der Waals surface area contributed by atoms with Gasteiger partial charge in [-0.2, -0.15) is 0 Å². The van der Waals surface area contributed by atoms with Crippen molar-refractivity contribution in [2.75, 3.05) is 26.2 Å². The van der Waals surface area contributed by atoms with Gasteiger partial charge in [0.15, 0.2) is 0 Å². The molecule has 0 aliphatic carbocycles. The molecule has 0 radical (unpaired) electrons. The molecule has 2 fully saturated rings. The summed E-state index contributed by atoms with van der Waals surface area (Å²) >= 11 is 0.